The van der Waals surface area contributed by atoms with E-state index in [2.05, 4.69) is 15.8 Å². The van der Waals surface area contributed by atoms with Crippen molar-refractivity contribution in [3.05, 3.63) is 83.4 Å². The van der Waals surface area contributed by atoms with Gasteiger partial charge in [-0.05, 0) is 73.9 Å². The standard InChI is InChI=1S/C44H51N3O10/c1-27-14-16-32-31(20-27)44(48)46-43(45-32)28-15-17-34(36(21-28)49-2)55-18-12-10-8-9-11-13-19-56-42-39(52-5)22-29(23-40(42)53-6)33-26-35(57-47-33)30-24-37(50-3)41(54-7)38(25-30)51-4/h14-17,20-26,43,45H,8-13,18-19H2,1-7H3,(H,46,48). The fraction of sp³-hybridized carbons (Fsp3) is 0.364. The van der Waals surface area contributed by atoms with Crippen LogP contribution in [0.15, 0.2) is 71.3 Å². The van der Waals surface area contributed by atoms with Crippen LogP contribution in [0.5, 0.6) is 46.0 Å². The highest BCUT2D eigenvalue weighted by atomic mass is 16.5. The number of aromatic nitrogens is 1. The molecule has 5 aromatic rings. The van der Waals surface area contributed by atoms with Gasteiger partial charge in [0.15, 0.2) is 40.3 Å². The minimum atomic E-state index is -0.367. The number of carbonyl (C=O) groups is 1. The highest BCUT2D eigenvalue weighted by Crippen LogP contribution is 2.44. The van der Waals surface area contributed by atoms with E-state index in [4.69, 9.17) is 42.4 Å². The molecule has 4 aromatic carbocycles. The van der Waals surface area contributed by atoms with Crippen LogP contribution < -0.4 is 48.5 Å². The number of unbranched alkanes of at least 4 members (excludes halogenated alkanes) is 5. The van der Waals surface area contributed by atoms with E-state index in [0.29, 0.717) is 81.8 Å². The molecule has 2 heterocycles. The summed E-state index contributed by atoms with van der Waals surface area (Å²) in [6, 6.07) is 20.7. The van der Waals surface area contributed by atoms with Crippen LogP contribution in [0.1, 0.15) is 66.2 Å². The SMILES string of the molecule is COc1cc(C2NC(=O)c3cc(C)ccc3N2)ccc1OCCCCCCCCOc1c(OC)cc(-c2cc(-c3cc(OC)c(OC)c(OC)c3)on2)cc1OC. The first-order valence-corrected chi connectivity index (χ1v) is 19.0. The molecule has 0 radical (unpaired) electrons. The van der Waals surface area contributed by atoms with E-state index in [1.165, 1.54) is 0 Å². The second-order valence-electron chi connectivity index (χ2n) is 13.5. The van der Waals surface area contributed by atoms with Crippen LogP contribution in [0.3, 0.4) is 0 Å². The minimum Gasteiger partial charge on any atom is -0.493 e. The summed E-state index contributed by atoms with van der Waals surface area (Å²) in [5, 5.41) is 10.7. The molecule has 13 nitrogen and oxygen atoms in total. The van der Waals surface area contributed by atoms with Gasteiger partial charge in [-0.2, -0.15) is 0 Å². The van der Waals surface area contributed by atoms with Crippen molar-refractivity contribution in [2.24, 2.45) is 0 Å². The Morgan fingerprint density at radius 1 is 0.579 bits per heavy atom. The van der Waals surface area contributed by atoms with Gasteiger partial charge in [-0.1, -0.05) is 48.5 Å². The number of methoxy groups -OCH3 is 6. The van der Waals surface area contributed by atoms with Gasteiger partial charge in [-0.15, -0.1) is 0 Å². The van der Waals surface area contributed by atoms with Crippen molar-refractivity contribution in [1.29, 1.82) is 0 Å². The zero-order valence-corrected chi connectivity index (χ0v) is 33.6. The van der Waals surface area contributed by atoms with Crippen molar-refractivity contribution in [3.8, 4) is 68.6 Å². The van der Waals surface area contributed by atoms with E-state index >= 15 is 0 Å². The van der Waals surface area contributed by atoms with Crippen LogP contribution in [0.2, 0.25) is 0 Å². The maximum atomic E-state index is 12.7. The number of fused-ring (bicyclic) bond motifs is 1. The van der Waals surface area contributed by atoms with Crippen LogP contribution in [-0.4, -0.2) is 66.9 Å². The summed E-state index contributed by atoms with van der Waals surface area (Å²) in [6.45, 7) is 3.07. The first-order valence-electron chi connectivity index (χ1n) is 19.0. The van der Waals surface area contributed by atoms with Gasteiger partial charge in [0.25, 0.3) is 5.91 Å². The molecule has 13 heteroatoms. The number of nitrogens with one attached hydrogen (secondary N) is 2. The minimum absolute atomic E-state index is 0.106. The number of nitrogens with zero attached hydrogens (tertiary/aromatic N) is 1. The van der Waals surface area contributed by atoms with Gasteiger partial charge in [-0.25, -0.2) is 0 Å². The van der Waals surface area contributed by atoms with E-state index in [1.807, 2.05) is 61.5 Å². The highest BCUT2D eigenvalue weighted by Gasteiger charge is 2.26. The van der Waals surface area contributed by atoms with Gasteiger partial charge in [0, 0.05) is 22.9 Å². The molecule has 1 aliphatic rings. The lowest BCUT2D eigenvalue weighted by Gasteiger charge is -2.28. The summed E-state index contributed by atoms with van der Waals surface area (Å²) >= 11 is 0. The number of anilines is 1. The van der Waals surface area contributed by atoms with E-state index in [-0.39, 0.29) is 12.1 Å². The van der Waals surface area contributed by atoms with E-state index in [1.54, 1.807) is 54.8 Å². The third kappa shape index (κ3) is 9.42. The Hall–Kier alpha value is -6.24. The molecule has 0 aliphatic carbocycles. The van der Waals surface area contributed by atoms with E-state index in [0.717, 1.165) is 60.9 Å². The zero-order chi connectivity index (χ0) is 40.3. The Bertz CT molecular complexity index is 2100. The molecule has 0 bridgehead atoms. The molecule has 6 rings (SSSR count). The second-order valence-corrected chi connectivity index (χ2v) is 13.5. The third-order valence-electron chi connectivity index (χ3n) is 9.77. The van der Waals surface area contributed by atoms with Crippen LogP contribution in [0.4, 0.5) is 5.69 Å². The smallest absolute Gasteiger partial charge is 0.255 e. The van der Waals surface area contributed by atoms with Crippen LogP contribution >= 0.6 is 0 Å². The van der Waals surface area contributed by atoms with Gasteiger partial charge >= 0.3 is 0 Å². The van der Waals surface area contributed by atoms with Crippen molar-refractivity contribution >= 4 is 11.6 Å². The molecule has 1 aliphatic heterocycles. The van der Waals surface area contributed by atoms with Gasteiger partial charge < -0.3 is 53.1 Å². The van der Waals surface area contributed by atoms with Crippen molar-refractivity contribution < 1.29 is 47.2 Å². The maximum Gasteiger partial charge on any atom is 0.255 e. The van der Waals surface area contributed by atoms with Crippen LogP contribution in [0.25, 0.3) is 22.6 Å². The normalized spacial score (nSPS) is 13.2. The Morgan fingerprint density at radius 3 is 1.81 bits per heavy atom. The summed E-state index contributed by atoms with van der Waals surface area (Å²) in [4.78, 5) is 12.7. The zero-order valence-electron chi connectivity index (χ0n) is 33.6. The van der Waals surface area contributed by atoms with Gasteiger partial charge in [0.05, 0.1) is 61.4 Å². The summed E-state index contributed by atoms with van der Waals surface area (Å²) in [7, 11) is 9.50. The molecule has 2 N–H and O–H groups in total. The number of amides is 1. The topological polar surface area (TPSA) is 141 Å². The van der Waals surface area contributed by atoms with Gasteiger partial charge in [-0.3, -0.25) is 4.79 Å². The van der Waals surface area contributed by atoms with E-state index < -0.39 is 0 Å². The molecular weight excluding hydrogens is 730 g/mol. The molecule has 0 spiro atoms. The molecule has 0 saturated carbocycles. The molecule has 0 fully saturated rings. The molecule has 1 unspecified atom stereocenters. The lowest BCUT2D eigenvalue weighted by molar-refractivity contribution is 0.0935. The van der Waals surface area contributed by atoms with Crippen LogP contribution in [-0.2, 0) is 0 Å². The number of hydrogen-bond donors (Lipinski definition) is 2. The first-order chi connectivity index (χ1) is 27.8. The van der Waals surface area contributed by atoms with Crippen molar-refractivity contribution in [2.45, 2.75) is 51.6 Å². The number of carbonyl (C=O) groups excluding carboxylic acids is 1. The third-order valence-corrected chi connectivity index (χ3v) is 9.77. The van der Waals surface area contributed by atoms with Crippen molar-refractivity contribution in [1.82, 2.24) is 10.5 Å². The lowest BCUT2D eigenvalue weighted by atomic mass is 10.0. The molecule has 57 heavy (non-hydrogen) atoms. The highest BCUT2D eigenvalue weighted by molar-refractivity contribution is 6.02. The fourth-order valence-electron chi connectivity index (χ4n) is 6.73. The number of ether oxygens (including phenoxy) is 8. The largest absolute Gasteiger partial charge is 0.493 e. The predicted molar refractivity (Wildman–Crippen MR) is 217 cm³/mol. The van der Waals surface area contributed by atoms with Gasteiger partial charge in [0.1, 0.15) is 11.9 Å². The van der Waals surface area contributed by atoms with E-state index in [9.17, 15) is 4.79 Å². The summed E-state index contributed by atoms with van der Waals surface area (Å²) in [6.07, 6.45) is 5.68. The lowest BCUT2D eigenvalue weighted by Crippen LogP contribution is -2.38. The fourth-order valence-corrected chi connectivity index (χ4v) is 6.73. The quantitative estimate of drug-likeness (QED) is 0.0728. The number of aryl methyl sites for hydroxylation is 1. The monoisotopic (exact) mass is 781 g/mol. The second kappa shape index (κ2) is 19.1. The molecule has 1 atom stereocenters. The van der Waals surface area contributed by atoms with Crippen LogP contribution in [0, 0.1) is 6.92 Å². The summed E-state index contributed by atoms with van der Waals surface area (Å²) in [5.41, 5.74) is 5.42. The number of rotatable bonds is 20. The molecule has 302 valence electrons. The molecule has 0 saturated heterocycles. The Labute approximate surface area is 333 Å². The summed E-state index contributed by atoms with van der Waals surface area (Å²) < 4.78 is 51.5. The Morgan fingerprint density at radius 2 is 1.18 bits per heavy atom. The van der Waals surface area contributed by atoms with Crippen molar-refractivity contribution in [2.75, 3.05) is 61.2 Å². The Balaban J connectivity index is 0.939. The average Bonchev–Trinajstić information content (AvgIpc) is 3.74. The molecule has 1 amide bonds. The summed E-state index contributed by atoms with van der Waals surface area (Å²) in [5.74, 6) is 4.83. The predicted octanol–water partition coefficient (Wildman–Crippen LogP) is 9.02. The Kier molecular flexibility index (Phi) is 13.5. The number of hydrogen-bond acceptors (Lipinski definition) is 12. The van der Waals surface area contributed by atoms with Crippen molar-refractivity contribution in [3.63, 3.8) is 0 Å². The maximum absolute atomic E-state index is 12.7. The first kappa shape index (κ1) is 40.4. The van der Waals surface area contributed by atoms with Gasteiger partial charge in [0.2, 0.25) is 11.5 Å². The molecular formula is C44H51N3O10. The average molecular weight is 782 g/mol. The number of benzene rings is 4. The molecule has 1 aromatic heterocycles.